The second-order valence-corrected chi connectivity index (χ2v) is 6.98. The lowest BCUT2D eigenvalue weighted by molar-refractivity contribution is 0.0920. The highest BCUT2D eigenvalue weighted by molar-refractivity contribution is 7.71. The van der Waals surface area contributed by atoms with Crippen LogP contribution in [0, 0.1) is 11.7 Å². The molecule has 3 aromatic rings. The highest BCUT2D eigenvalue weighted by atomic mass is 32.1. The first-order valence-corrected chi connectivity index (χ1v) is 9.05. The summed E-state index contributed by atoms with van der Waals surface area (Å²) in [5.41, 5.74) is 0.926. The van der Waals surface area contributed by atoms with Crippen LogP contribution in [0.5, 0.6) is 0 Å². The zero-order valence-corrected chi connectivity index (χ0v) is 15.8. The maximum Gasteiger partial charge on any atom is 0.199 e. The van der Waals surface area contributed by atoms with Gasteiger partial charge in [-0.3, -0.25) is 9.80 Å². The summed E-state index contributed by atoms with van der Waals surface area (Å²) < 4.78 is 15.2. The second-order valence-electron chi connectivity index (χ2n) is 6.61. The Hall–Kier alpha value is -2.23. The average molecular weight is 374 g/mol. The molecule has 0 N–H and O–H groups in total. The molecule has 1 fully saturated rings. The van der Waals surface area contributed by atoms with E-state index in [-0.39, 0.29) is 0 Å². The summed E-state index contributed by atoms with van der Waals surface area (Å²) in [7, 11) is 1.92. The fourth-order valence-electron chi connectivity index (χ4n) is 3.19. The van der Waals surface area contributed by atoms with E-state index in [1.807, 2.05) is 41.4 Å². The maximum atomic E-state index is 5.53. The van der Waals surface area contributed by atoms with Crippen LogP contribution >= 0.6 is 12.2 Å². The maximum absolute atomic E-state index is 5.53. The molecular weight excluding hydrogens is 352 g/mol. The van der Waals surface area contributed by atoms with Crippen molar-refractivity contribution in [3.63, 3.8) is 0 Å². The largest absolute Gasteiger partial charge is 0.461 e. The van der Waals surface area contributed by atoms with Crippen LogP contribution in [0.15, 0.2) is 33.4 Å². The van der Waals surface area contributed by atoms with Crippen LogP contribution in [0.4, 0.5) is 0 Å². The molecule has 9 heteroatoms. The number of hydrogen-bond donors (Lipinski definition) is 0. The molecule has 1 aliphatic heterocycles. The molecule has 26 heavy (non-hydrogen) atoms. The van der Waals surface area contributed by atoms with Gasteiger partial charge in [-0.15, -0.1) is 5.10 Å². The fraction of sp³-hybridized carbons (Fsp3) is 0.471. The van der Waals surface area contributed by atoms with E-state index in [2.05, 4.69) is 20.1 Å². The number of aromatic nitrogens is 4. The van der Waals surface area contributed by atoms with Gasteiger partial charge in [-0.05, 0) is 31.3 Å². The summed E-state index contributed by atoms with van der Waals surface area (Å²) in [6.07, 6.45) is 1.65. The molecule has 4 heterocycles. The third-order valence-corrected chi connectivity index (χ3v) is 5.12. The van der Waals surface area contributed by atoms with E-state index in [0.29, 0.717) is 11.4 Å². The first-order chi connectivity index (χ1) is 12.6. The van der Waals surface area contributed by atoms with Gasteiger partial charge in [0.2, 0.25) is 0 Å². The molecule has 0 aromatic carbocycles. The van der Waals surface area contributed by atoms with Gasteiger partial charge in [-0.1, -0.05) is 5.16 Å². The van der Waals surface area contributed by atoms with Crippen molar-refractivity contribution in [2.45, 2.75) is 20.1 Å². The van der Waals surface area contributed by atoms with E-state index >= 15 is 0 Å². The highest BCUT2D eigenvalue weighted by Crippen LogP contribution is 2.18. The van der Waals surface area contributed by atoms with Crippen molar-refractivity contribution in [2.24, 2.45) is 7.05 Å². The summed E-state index contributed by atoms with van der Waals surface area (Å²) >= 11 is 5.53. The minimum atomic E-state index is 0.683. The van der Waals surface area contributed by atoms with Gasteiger partial charge in [0.15, 0.2) is 22.1 Å². The summed E-state index contributed by atoms with van der Waals surface area (Å²) in [6, 6.07) is 5.74. The van der Waals surface area contributed by atoms with E-state index < -0.39 is 0 Å². The van der Waals surface area contributed by atoms with Crippen LogP contribution in [0.2, 0.25) is 0 Å². The van der Waals surface area contributed by atoms with Gasteiger partial charge in [0.1, 0.15) is 0 Å². The van der Waals surface area contributed by atoms with Gasteiger partial charge in [-0.2, -0.15) is 0 Å². The Morgan fingerprint density at radius 3 is 2.62 bits per heavy atom. The number of hydrogen-bond acceptors (Lipinski definition) is 7. The number of aryl methyl sites for hydroxylation is 1. The molecule has 138 valence electrons. The summed E-state index contributed by atoms with van der Waals surface area (Å²) in [5, 5.41) is 8.59. The Labute approximate surface area is 156 Å². The predicted octanol–water partition coefficient (Wildman–Crippen LogP) is 2.28. The molecule has 0 radical (unpaired) electrons. The molecule has 0 unspecified atom stereocenters. The van der Waals surface area contributed by atoms with Crippen molar-refractivity contribution in [3.05, 3.63) is 40.7 Å². The number of piperazine rings is 1. The van der Waals surface area contributed by atoms with E-state index in [9.17, 15) is 0 Å². The first kappa shape index (κ1) is 17.2. The standard InChI is InChI=1S/C17H22N6O2S/c1-13-10-14(25-19-13)11-21-5-7-22(8-6-21)12-23-17(26)20(2)16(18-23)15-4-3-9-24-15/h3-4,9-10H,5-8,11-12H2,1-2H3. The van der Waals surface area contributed by atoms with Crippen LogP contribution in [-0.2, 0) is 20.3 Å². The van der Waals surface area contributed by atoms with E-state index in [0.717, 1.165) is 55.8 Å². The van der Waals surface area contributed by atoms with Crippen LogP contribution in [0.3, 0.4) is 0 Å². The van der Waals surface area contributed by atoms with E-state index in [1.165, 1.54) is 0 Å². The zero-order valence-electron chi connectivity index (χ0n) is 15.0. The normalized spacial score (nSPS) is 16.4. The van der Waals surface area contributed by atoms with Crippen LogP contribution in [0.1, 0.15) is 11.5 Å². The Bertz CT molecular complexity index is 918. The molecule has 0 aliphatic carbocycles. The number of nitrogens with zero attached hydrogens (tertiary/aromatic N) is 6. The lowest BCUT2D eigenvalue weighted by Crippen LogP contribution is -2.46. The number of rotatable bonds is 5. The highest BCUT2D eigenvalue weighted by Gasteiger charge is 2.20. The third-order valence-electron chi connectivity index (χ3n) is 4.64. The Kier molecular flexibility index (Phi) is 4.75. The van der Waals surface area contributed by atoms with Crippen molar-refractivity contribution in [1.29, 1.82) is 0 Å². The monoisotopic (exact) mass is 374 g/mol. The minimum absolute atomic E-state index is 0.683. The summed E-state index contributed by atoms with van der Waals surface area (Å²) in [6.45, 7) is 7.31. The molecule has 0 amide bonds. The summed E-state index contributed by atoms with van der Waals surface area (Å²) in [5.74, 6) is 2.40. The SMILES string of the molecule is Cc1cc(CN2CCN(Cn3nc(-c4ccco4)n(C)c3=S)CC2)on1. The molecule has 4 rings (SSSR count). The van der Waals surface area contributed by atoms with Gasteiger partial charge >= 0.3 is 0 Å². The Morgan fingerprint density at radius 2 is 1.96 bits per heavy atom. The predicted molar refractivity (Wildman–Crippen MR) is 97.8 cm³/mol. The smallest absolute Gasteiger partial charge is 0.199 e. The summed E-state index contributed by atoms with van der Waals surface area (Å²) in [4.78, 5) is 4.74. The third kappa shape index (κ3) is 3.50. The molecule has 3 aromatic heterocycles. The van der Waals surface area contributed by atoms with Gasteiger partial charge in [0.25, 0.3) is 0 Å². The first-order valence-electron chi connectivity index (χ1n) is 8.65. The lowest BCUT2D eigenvalue weighted by atomic mass is 10.3. The van der Waals surface area contributed by atoms with Crippen molar-refractivity contribution < 1.29 is 8.94 Å². The van der Waals surface area contributed by atoms with Gasteiger partial charge in [0.05, 0.1) is 25.2 Å². The van der Waals surface area contributed by atoms with Gasteiger partial charge in [0, 0.05) is 39.3 Å². The van der Waals surface area contributed by atoms with Crippen molar-refractivity contribution in [3.8, 4) is 11.6 Å². The average Bonchev–Trinajstić information content (AvgIpc) is 3.35. The van der Waals surface area contributed by atoms with Crippen molar-refractivity contribution in [2.75, 3.05) is 26.2 Å². The molecule has 0 atom stereocenters. The van der Waals surface area contributed by atoms with Crippen LogP contribution < -0.4 is 0 Å². The molecule has 1 aliphatic rings. The van der Waals surface area contributed by atoms with E-state index in [1.54, 1.807) is 6.26 Å². The molecule has 0 saturated carbocycles. The Morgan fingerprint density at radius 1 is 1.19 bits per heavy atom. The Balaban J connectivity index is 1.37. The lowest BCUT2D eigenvalue weighted by Gasteiger charge is -2.33. The minimum Gasteiger partial charge on any atom is -0.461 e. The van der Waals surface area contributed by atoms with E-state index in [4.69, 9.17) is 21.2 Å². The number of furan rings is 1. The van der Waals surface area contributed by atoms with Crippen molar-refractivity contribution >= 4 is 12.2 Å². The topological polar surface area (TPSA) is 68.4 Å². The zero-order chi connectivity index (χ0) is 18.1. The molecule has 0 bridgehead atoms. The quantitative estimate of drug-likeness (QED) is 0.635. The molecule has 0 spiro atoms. The molecule has 8 nitrogen and oxygen atoms in total. The fourth-order valence-corrected chi connectivity index (χ4v) is 3.37. The van der Waals surface area contributed by atoms with Crippen LogP contribution in [-0.4, -0.2) is 55.5 Å². The molecular formula is C17H22N6O2S. The van der Waals surface area contributed by atoms with Gasteiger partial charge in [-0.25, -0.2) is 4.68 Å². The van der Waals surface area contributed by atoms with Crippen molar-refractivity contribution in [1.82, 2.24) is 29.3 Å². The molecule has 1 saturated heterocycles. The second kappa shape index (κ2) is 7.18. The van der Waals surface area contributed by atoms with Gasteiger partial charge < -0.3 is 13.5 Å². The van der Waals surface area contributed by atoms with Crippen LogP contribution in [0.25, 0.3) is 11.6 Å².